The first kappa shape index (κ1) is 15.5. The summed E-state index contributed by atoms with van der Waals surface area (Å²) >= 11 is 6.04. The Hall–Kier alpha value is -2.39. The maximum absolute atomic E-state index is 9.12. The van der Waals surface area contributed by atoms with Gasteiger partial charge in [0, 0.05) is 31.7 Å². The minimum absolute atomic E-state index is 0.377. The Bertz CT molecular complexity index is 710. The van der Waals surface area contributed by atoms with Gasteiger partial charge in [0.05, 0.1) is 6.61 Å². The molecule has 1 saturated heterocycles. The van der Waals surface area contributed by atoms with Crippen LogP contribution in [-0.2, 0) is 0 Å². The molecular weight excluding hydrogens is 314 g/mol. The van der Waals surface area contributed by atoms with Gasteiger partial charge in [-0.2, -0.15) is 5.26 Å². The topological polar surface area (TPSA) is 74.9 Å². The normalized spacial score (nSPS) is 15.2. The summed E-state index contributed by atoms with van der Waals surface area (Å²) in [5.41, 5.74) is 0.377. The number of halogens is 1. The molecule has 2 aromatic rings. The van der Waals surface area contributed by atoms with Crippen LogP contribution in [0.1, 0.15) is 18.5 Å². The van der Waals surface area contributed by atoms with E-state index in [4.69, 9.17) is 21.6 Å². The molecule has 0 bridgehead atoms. The summed E-state index contributed by atoms with van der Waals surface area (Å²) in [4.78, 5) is 14.6. The number of hydrogen-bond donors (Lipinski definition) is 0. The quantitative estimate of drug-likeness (QED) is 0.858. The van der Waals surface area contributed by atoms with Crippen molar-refractivity contribution >= 4 is 17.4 Å². The third-order valence-electron chi connectivity index (χ3n) is 3.88. The predicted molar refractivity (Wildman–Crippen MR) is 86.4 cm³/mol. The summed E-state index contributed by atoms with van der Waals surface area (Å²) in [7, 11) is 0. The van der Waals surface area contributed by atoms with Crippen LogP contribution < -0.4 is 9.64 Å². The van der Waals surface area contributed by atoms with Crippen molar-refractivity contribution in [1.82, 2.24) is 15.0 Å². The van der Waals surface area contributed by atoms with Crippen molar-refractivity contribution in [1.29, 1.82) is 5.26 Å². The average Bonchev–Trinajstić information content (AvgIpc) is 2.61. The number of nitrogens with zero attached hydrogens (tertiary/aromatic N) is 5. The van der Waals surface area contributed by atoms with E-state index in [0.717, 1.165) is 25.9 Å². The van der Waals surface area contributed by atoms with Gasteiger partial charge in [0.2, 0.25) is 5.88 Å². The number of rotatable bonds is 4. The van der Waals surface area contributed by atoms with E-state index in [9.17, 15) is 0 Å². The van der Waals surface area contributed by atoms with E-state index in [2.05, 4.69) is 25.9 Å². The second-order valence-electron chi connectivity index (χ2n) is 5.37. The molecule has 0 aliphatic carbocycles. The van der Waals surface area contributed by atoms with Crippen LogP contribution in [0.5, 0.6) is 5.88 Å². The molecule has 1 aliphatic rings. The summed E-state index contributed by atoms with van der Waals surface area (Å²) in [5.74, 6) is 1.59. The number of pyridine rings is 1. The zero-order chi connectivity index (χ0) is 16.1. The monoisotopic (exact) mass is 329 g/mol. The van der Waals surface area contributed by atoms with E-state index in [1.807, 2.05) is 0 Å². The van der Waals surface area contributed by atoms with Crippen LogP contribution in [0.25, 0.3) is 0 Å². The third kappa shape index (κ3) is 3.69. The maximum atomic E-state index is 9.12. The Morgan fingerprint density at radius 2 is 2.00 bits per heavy atom. The molecule has 0 aromatic carbocycles. The third-order valence-corrected chi connectivity index (χ3v) is 4.17. The minimum atomic E-state index is 0.377. The fourth-order valence-corrected chi connectivity index (χ4v) is 2.80. The number of anilines is 1. The van der Waals surface area contributed by atoms with Gasteiger partial charge in [-0.15, -0.1) is 0 Å². The van der Waals surface area contributed by atoms with Gasteiger partial charge in [-0.1, -0.05) is 11.6 Å². The van der Waals surface area contributed by atoms with Crippen LogP contribution in [0.2, 0.25) is 5.02 Å². The highest BCUT2D eigenvalue weighted by molar-refractivity contribution is 6.31. The van der Waals surface area contributed by atoms with Gasteiger partial charge < -0.3 is 9.64 Å². The van der Waals surface area contributed by atoms with E-state index in [-0.39, 0.29) is 0 Å². The zero-order valence-electron chi connectivity index (χ0n) is 12.5. The Kier molecular flexibility index (Phi) is 4.89. The molecule has 0 spiro atoms. The molecule has 0 N–H and O–H groups in total. The molecule has 1 fully saturated rings. The lowest BCUT2D eigenvalue weighted by Gasteiger charge is -2.32. The summed E-state index contributed by atoms with van der Waals surface area (Å²) in [6.07, 6.45) is 6.76. The molecule has 6 nitrogen and oxygen atoms in total. The molecule has 3 rings (SSSR count). The molecule has 3 heterocycles. The van der Waals surface area contributed by atoms with E-state index in [1.54, 1.807) is 30.7 Å². The molecule has 0 saturated carbocycles. The van der Waals surface area contributed by atoms with E-state index in [1.165, 1.54) is 0 Å². The van der Waals surface area contributed by atoms with E-state index < -0.39 is 0 Å². The van der Waals surface area contributed by atoms with Crippen molar-refractivity contribution in [2.24, 2.45) is 5.92 Å². The van der Waals surface area contributed by atoms with Gasteiger partial charge in [-0.3, -0.25) is 0 Å². The van der Waals surface area contributed by atoms with Crippen LogP contribution in [0.3, 0.4) is 0 Å². The summed E-state index contributed by atoms with van der Waals surface area (Å²) in [6.45, 7) is 2.25. The van der Waals surface area contributed by atoms with Crippen molar-refractivity contribution < 1.29 is 4.74 Å². The number of hydrogen-bond acceptors (Lipinski definition) is 6. The van der Waals surface area contributed by atoms with Crippen molar-refractivity contribution in [3.63, 3.8) is 0 Å². The minimum Gasteiger partial charge on any atom is -0.476 e. The highest BCUT2D eigenvalue weighted by atomic mass is 35.5. The molecule has 0 atom stereocenters. The second kappa shape index (κ2) is 7.25. The van der Waals surface area contributed by atoms with Crippen molar-refractivity contribution in [2.45, 2.75) is 12.8 Å². The summed E-state index contributed by atoms with van der Waals surface area (Å²) in [5, 5.41) is 9.65. The second-order valence-corrected chi connectivity index (χ2v) is 5.78. The van der Waals surface area contributed by atoms with Crippen LogP contribution in [0, 0.1) is 17.2 Å². The number of nitriles is 1. The van der Waals surface area contributed by atoms with Gasteiger partial charge in [0.15, 0.2) is 11.5 Å². The molecule has 0 amide bonds. The summed E-state index contributed by atoms with van der Waals surface area (Å²) < 4.78 is 5.72. The first-order valence-corrected chi connectivity index (χ1v) is 7.85. The van der Waals surface area contributed by atoms with Crippen molar-refractivity contribution in [2.75, 3.05) is 24.6 Å². The van der Waals surface area contributed by atoms with Crippen LogP contribution in [0.4, 0.5) is 5.82 Å². The lowest BCUT2D eigenvalue weighted by molar-refractivity contribution is 0.216. The molecule has 7 heteroatoms. The molecule has 23 heavy (non-hydrogen) atoms. The number of ether oxygens (including phenoxy) is 1. The highest BCUT2D eigenvalue weighted by Gasteiger charge is 2.23. The van der Waals surface area contributed by atoms with Crippen molar-refractivity contribution in [3.05, 3.63) is 41.4 Å². The molecule has 2 aromatic heterocycles. The van der Waals surface area contributed by atoms with Gasteiger partial charge in [-0.25, -0.2) is 15.0 Å². The standard InChI is InChI=1S/C16H16ClN5O/c17-13-2-1-5-21-16(13)23-11-12-3-8-22(9-4-12)15-14(10-18)19-6-7-20-15/h1-2,5-7,12H,3-4,8-9,11H2. The first-order chi connectivity index (χ1) is 11.3. The number of piperidine rings is 1. The fourth-order valence-electron chi connectivity index (χ4n) is 2.63. The van der Waals surface area contributed by atoms with Crippen molar-refractivity contribution in [3.8, 4) is 11.9 Å². The van der Waals surface area contributed by atoms with Gasteiger partial charge in [0.1, 0.15) is 11.1 Å². The Balaban J connectivity index is 1.55. The highest BCUT2D eigenvalue weighted by Crippen LogP contribution is 2.25. The Morgan fingerprint density at radius 1 is 1.22 bits per heavy atom. The fraction of sp³-hybridized carbons (Fsp3) is 0.375. The van der Waals surface area contributed by atoms with Gasteiger partial charge in [-0.05, 0) is 30.9 Å². The largest absolute Gasteiger partial charge is 0.476 e. The molecular formula is C16H16ClN5O. The molecule has 0 radical (unpaired) electrons. The first-order valence-electron chi connectivity index (χ1n) is 7.47. The van der Waals surface area contributed by atoms with Crippen LogP contribution >= 0.6 is 11.6 Å². The Labute approximate surface area is 139 Å². The molecule has 118 valence electrons. The Morgan fingerprint density at radius 3 is 2.74 bits per heavy atom. The maximum Gasteiger partial charge on any atom is 0.232 e. The molecule has 1 aliphatic heterocycles. The van der Waals surface area contributed by atoms with Gasteiger partial charge >= 0.3 is 0 Å². The SMILES string of the molecule is N#Cc1nccnc1N1CCC(COc2ncccc2Cl)CC1. The van der Waals surface area contributed by atoms with Gasteiger partial charge in [0.25, 0.3) is 0 Å². The molecule has 0 unspecified atom stereocenters. The van der Waals surface area contributed by atoms with E-state index in [0.29, 0.717) is 34.9 Å². The smallest absolute Gasteiger partial charge is 0.232 e. The lowest BCUT2D eigenvalue weighted by Crippen LogP contribution is -2.36. The average molecular weight is 330 g/mol. The summed E-state index contributed by atoms with van der Waals surface area (Å²) in [6, 6.07) is 5.64. The lowest BCUT2D eigenvalue weighted by atomic mass is 9.98. The van der Waals surface area contributed by atoms with Crippen LogP contribution in [-0.4, -0.2) is 34.6 Å². The predicted octanol–water partition coefficient (Wildman–Crippen LogP) is 2.69. The van der Waals surface area contributed by atoms with Crippen LogP contribution in [0.15, 0.2) is 30.7 Å². The number of aromatic nitrogens is 3. The van der Waals surface area contributed by atoms with E-state index >= 15 is 0 Å². The zero-order valence-corrected chi connectivity index (χ0v) is 13.3.